The Kier molecular flexibility index (Phi) is 4.72. The van der Waals surface area contributed by atoms with E-state index in [1.54, 1.807) is 4.68 Å². The van der Waals surface area contributed by atoms with E-state index in [2.05, 4.69) is 34.4 Å². The molecule has 1 fully saturated rings. The van der Waals surface area contributed by atoms with Crippen LogP contribution >= 0.6 is 0 Å². The molecule has 0 amide bonds. The van der Waals surface area contributed by atoms with Gasteiger partial charge >= 0.3 is 0 Å². The van der Waals surface area contributed by atoms with Crippen LogP contribution in [0.4, 0.5) is 0 Å². The Hall–Kier alpha value is -0.940. The lowest BCUT2D eigenvalue weighted by atomic mass is 10.0. The lowest BCUT2D eigenvalue weighted by Crippen LogP contribution is -2.46. The van der Waals surface area contributed by atoms with Gasteiger partial charge in [0.1, 0.15) is 0 Å². The van der Waals surface area contributed by atoms with Crippen molar-refractivity contribution in [2.45, 2.75) is 51.7 Å². The summed E-state index contributed by atoms with van der Waals surface area (Å²) in [5, 5.41) is 11.7. The third-order valence-electron chi connectivity index (χ3n) is 3.53. The zero-order valence-electron chi connectivity index (χ0n) is 11.8. The van der Waals surface area contributed by atoms with Crippen molar-refractivity contribution in [2.24, 2.45) is 7.05 Å². The van der Waals surface area contributed by atoms with E-state index in [-0.39, 0.29) is 0 Å². The average Bonchev–Trinajstić information content (AvgIpc) is 2.73. The fourth-order valence-corrected chi connectivity index (χ4v) is 2.55. The molecule has 102 valence electrons. The topological polar surface area (TPSA) is 46.0 Å². The van der Waals surface area contributed by atoms with Gasteiger partial charge in [-0.15, -0.1) is 5.10 Å². The fourth-order valence-electron chi connectivity index (χ4n) is 2.55. The molecule has 1 saturated heterocycles. The maximum atomic E-state index is 4.19. The van der Waals surface area contributed by atoms with Gasteiger partial charge in [-0.3, -0.25) is 9.58 Å². The molecule has 5 heteroatoms. The molecule has 0 aromatic carbocycles. The van der Waals surface area contributed by atoms with E-state index in [4.69, 9.17) is 0 Å². The Morgan fingerprint density at radius 3 is 2.94 bits per heavy atom. The second-order valence-electron chi connectivity index (χ2n) is 5.57. The van der Waals surface area contributed by atoms with Gasteiger partial charge in [0.25, 0.3) is 0 Å². The highest BCUT2D eigenvalue weighted by Crippen LogP contribution is 2.18. The van der Waals surface area contributed by atoms with Crippen molar-refractivity contribution in [3.05, 3.63) is 11.9 Å². The maximum absolute atomic E-state index is 4.19. The first kappa shape index (κ1) is 13.5. The minimum atomic E-state index is 0.560. The van der Waals surface area contributed by atoms with Crippen molar-refractivity contribution in [1.82, 2.24) is 25.2 Å². The SMILES string of the molecule is CC(C)NCC1CCCCN1Cc1cn(C)nn1. The van der Waals surface area contributed by atoms with E-state index >= 15 is 0 Å². The van der Waals surface area contributed by atoms with Gasteiger partial charge in [-0.05, 0) is 19.4 Å². The normalized spacial score (nSPS) is 21.7. The molecule has 2 rings (SSSR count). The number of hydrogen-bond acceptors (Lipinski definition) is 4. The Morgan fingerprint density at radius 2 is 2.28 bits per heavy atom. The number of aryl methyl sites for hydroxylation is 1. The number of nitrogens with one attached hydrogen (secondary N) is 1. The van der Waals surface area contributed by atoms with Crippen LogP contribution in [0.3, 0.4) is 0 Å². The highest BCUT2D eigenvalue weighted by molar-refractivity contribution is 4.94. The van der Waals surface area contributed by atoms with E-state index in [0.717, 1.165) is 18.8 Å². The lowest BCUT2D eigenvalue weighted by molar-refractivity contribution is 0.134. The van der Waals surface area contributed by atoms with Crippen molar-refractivity contribution in [1.29, 1.82) is 0 Å². The molecular formula is C13H25N5. The Morgan fingerprint density at radius 1 is 1.44 bits per heavy atom. The molecule has 0 radical (unpaired) electrons. The van der Waals surface area contributed by atoms with Gasteiger partial charge in [0.15, 0.2) is 0 Å². The molecule has 1 unspecified atom stereocenters. The summed E-state index contributed by atoms with van der Waals surface area (Å²) < 4.78 is 1.78. The molecule has 18 heavy (non-hydrogen) atoms. The van der Waals surface area contributed by atoms with Crippen molar-refractivity contribution < 1.29 is 0 Å². The van der Waals surface area contributed by atoms with Crippen LogP contribution in [0.1, 0.15) is 38.8 Å². The molecule has 0 spiro atoms. The zero-order valence-corrected chi connectivity index (χ0v) is 11.8. The maximum Gasteiger partial charge on any atom is 0.0967 e. The number of nitrogens with zero attached hydrogens (tertiary/aromatic N) is 4. The van der Waals surface area contributed by atoms with Crippen molar-refractivity contribution in [3.8, 4) is 0 Å². The van der Waals surface area contributed by atoms with Crippen LogP contribution in [0, 0.1) is 0 Å². The predicted molar refractivity (Wildman–Crippen MR) is 72.2 cm³/mol. The van der Waals surface area contributed by atoms with Crippen LogP contribution in [0.15, 0.2) is 6.20 Å². The molecule has 0 bridgehead atoms. The molecule has 1 aromatic heterocycles. The second-order valence-corrected chi connectivity index (χ2v) is 5.57. The number of hydrogen-bond donors (Lipinski definition) is 1. The predicted octanol–water partition coefficient (Wildman–Crippen LogP) is 1.17. The van der Waals surface area contributed by atoms with Crippen LogP contribution in [0.25, 0.3) is 0 Å². The number of piperidine rings is 1. The standard InChI is InChI=1S/C13H25N5/c1-11(2)14-8-13-6-4-5-7-18(13)10-12-9-17(3)16-15-12/h9,11,13-14H,4-8,10H2,1-3H3. The molecule has 1 N–H and O–H groups in total. The van der Waals surface area contributed by atoms with Crippen LogP contribution in [0.2, 0.25) is 0 Å². The molecule has 1 aliphatic rings. The fraction of sp³-hybridized carbons (Fsp3) is 0.846. The molecular weight excluding hydrogens is 226 g/mol. The van der Waals surface area contributed by atoms with Crippen LogP contribution < -0.4 is 5.32 Å². The van der Waals surface area contributed by atoms with E-state index in [9.17, 15) is 0 Å². The highest BCUT2D eigenvalue weighted by Gasteiger charge is 2.23. The molecule has 1 aliphatic heterocycles. The van der Waals surface area contributed by atoms with Gasteiger partial charge in [-0.2, -0.15) is 0 Å². The summed E-state index contributed by atoms with van der Waals surface area (Å²) in [4.78, 5) is 2.54. The van der Waals surface area contributed by atoms with E-state index in [1.165, 1.54) is 25.8 Å². The van der Waals surface area contributed by atoms with Crippen LogP contribution in [-0.2, 0) is 13.6 Å². The first-order valence-corrected chi connectivity index (χ1v) is 6.98. The summed E-state index contributed by atoms with van der Waals surface area (Å²) >= 11 is 0. The monoisotopic (exact) mass is 251 g/mol. The third kappa shape index (κ3) is 3.78. The second kappa shape index (κ2) is 6.29. The van der Waals surface area contributed by atoms with Crippen LogP contribution in [-0.4, -0.2) is 45.1 Å². The quantitative estimate of drug-likeness (QED) is 0.853. The summed E-state index contributed by atoms with van der Waals surface area (Å²) in [6.07, 6.45) is 5.96. The smallest absolute Gasteiger partial charge is 0.0967 e. The number of rotatable bonds is 5. The van der Waals surface area contributed by atoms with Gasteiger partial charge in [0, 0.05) is 38.4 Å². The summed E-state index contributed by atoms with van der Waals surface area (Å²) in [6, 6.07) is 1.20. The molecule has 1 aromatic rings. The summed E-state index contributed by atoms with van der Waals surface area (Å²) in [6.45, 7) is 7.60. The van der Waals surface area contributed by atoms with Crippen LogP contribution in [0.5, 0.6) is 0 Å². The Labute approximate surface area is 110 Å². The molecule has 2 heterocycles. The molecule has 0 saturated carbocycles. The first-order valence-electron chi connectivity index (χ1n) is 6.98. The first-order chi connectivity index (χ1) is 8.65. The minimum absolute atomic E-state index is 0.560. The minimum Gasteiger partial charge on any atom is -0.313 e. The largest absolute Gasteiger partial charge is 0.313 e. The Bertz CT molecular complexity index is 360. The van der Waals surface area contributed by atoms with Gasteiger partial charge in [0.05, 0.1) is 5.69 Å². The summed E-state index contributed by atoms with van der Waals surface area (Å²) in [5.41, 5.74) is 1.08. The Balaban J connectivity index is 1.90. The van der Waals surface area contributed by atoms with Gasteiger partial charge in [-0.1, -0.05) is 25.5 Å². The van der Waals surface area contributed by atoms with Gasteiger partial charge in [0.2, 0.25) is 0 Å². The number of aromatic nitrogens is 3. The van der Waals surface area contributed by atoms with E-state index in [0.29, 0.717) is 12.1 Å². The molecule has 0 aliphatic carbocycles. The third-order valence-corrected chi connectivity index (χ3v) is 3.53. The van der Waals surface area contributed by atoms with E-state index in [1.807, 2.05) is 13.2 Å². The summed E-state index contributed by atoms with van der Waals surface area (Å²) in [7, 11) is 1.92. The zero-order chi connectivity index (χ0) is 13.0. The average molecular weight is 251 g/mol. The molecule has 5 nitrogen and oxygen atoms in total. The van der Waals surface area contributed by atoms with Crippen molar-refractivity contribution in [2.75, 3.05) is 13.1 Å². The number of likely N-dealkylation sites (tertiary alicyclic amines) is 1. The summed E-state index contributed by atoms with van der Waals surface area (Å²) in [5.74, 6) is 0. The van der Waals surface area contributed by atoms with Gasteiger partial charge < -0.3 is 5.32 Å². The van der Waals surface area contributed by atoms with Gasteiger partial charge in [-0.25, -0.2) is 0 Å². The highest BCUT2D eigenvalue weighted by atomic mass is 15.4. The van der Waals surface area contributed by atoms with Crippen molar-refractivity contribution in [3.63, 3.8) is 0 Å². The van der Waals surface area contributed by atoms with Crippen molar-refractivity contribution >= 4 is 0 Å². The molecule has 1 atom stereocenters. The van der Waals surface area contributed by atoms with E-state index < -0.39 is 0 Å². The lowest BCUT2D eigenvalue weighted by Gasteiger charge is -2.35.